The summed E-state index contributed by atoms with van der Waals surface area (Å²) in [5.41, 5.74) is 1.15. The molecule has 96 valence electrons. The van der Waals surface area contributed by atoms with Crippen LogP contribution in [0.3, 0.4) is 0 Å². The van der Waals surface area contributed by atoms with E-state index in [0.717, 1.165) is 31.7 Å². The summed E-state index contributed by atoms with van der Waals surface area (Å²) in [7, 11) is 0. The van der Waals surface area contributed by atoms with E-state index in [-0.39, 0.29) is 18.2 Å². The summed E-state index contributed by atoms with van der Waals surface area (Å²) in [6.07, 6.45) is 0. The zero-order valence-electron chi connectivity index (χ0n) is 9.75. The highest BCUT2D eigenvalue weighted by Gasteiger charge is 2.17. The molecule has 0 amide bonds. The zero-order chi connectivity index (χ0) is 11.5. The molecule has 1 aromatic carbocycles. The van der Waals surface area contributed by atoms with Crippen LogP contribution >= 0.6 is 28.3 Å². The Balaban J connectivity index is 0.00000144. The highest BCUT2D eigenvalue weighted by atomic mass is 79.9. The lowest BCUT2D eigenvalue weighted by atomic mass is 10.1. The van der Waals surface area contributed by atoms with Gasteiger partial charge in [0.25, 0.3) is 0 Å². The van der Waals surface area contributed by atoms with Gasteiger partial charge in [0.15, 0.2) is 0 Å². The Kier molecular flexibility index (Phi) is 5.86. The number of halogens is 3. The van der Waals surface area contributed by atoms with Gasteiger partial charge in [-0.2, -0.15) is 0 Å². The van der Waals surface area contributed by atoms with Gasteiger partial charge in [0.1, 0.15) is 5.82 Å². The van der Waals surface area contributed by atoms with Crippen molar-refractivity contribution in [1.82, 2.24) is 10.2 Å². The Morgan fingerprint density at radius 3 is 2.94 bits per heavy atom. The molecule has 1 aliphatic heterocycles. The molecule has 1 N–H and O–H groups in total. The number of rotatable bonds is 2. The molecule has 0 spiro atoms. The van der Waals surface area contributed by atoms with Gasteiger partial charge in [0.05, 0.1) is 4.47 Å². The van der Waals surface area contributed by atoms with Gasteiger partial charge in [-0.25, -0.2) is 4.39 Å². The van der Waals surface area contributed by atoms with Crippen LogP contribution in [0.25, 0.3) is 0 Å². The fourth-order valence-electron chi connectivity index (χ4n) is 1.99. The maximum Gasteiger partial charge on any atom is 0.137 e. The van der Waals surface area contributed by atoms with Crippen LogP contribution in [0.4, 0.5) is 4.39 Å². The molecule has 0 aromatic heterocycles. The predicted molar refractivity (Wildman–Crippen MR) is 74.1 cm³/mol. The molecule has 1 aliphatic rings. The first-order valence-corrected chi connectivity index (χ1v) is 6.35. The summed E-state index contributed by atoms with van der Waals surface area (Å²) < 4.78 is 13.6. The van der Waals surface area contributed by atoms with Crippen LogP contribution in [0.15, 0.2) is 22.7 Å². The van der Waals surface area contributed by atoms with Gasteiger partial charge in [0.2, 0.25) is 0 Å². The average molecular weight is 324 g/mol. The zero-order valence-corrected chi connectivity index (χ0v) is 12.2. The maximum absolute atomic E-state index is 13.1. The summed E-state index contributed by atoms with van der Waals surface area (Å²) in [4.78, 5) is 2.41. The van der Waals surface area contributed by atoms with Gasteiger partial charge in [0, 0.05) is 32.2 Å². The minimum atomic E-state index is -0.197. The van der Waals surface area contributed by atoms with Crippen molar-refractivity contribution < 1.29 is 4.39 Å². The molecule has 1 saturated heterocycles. The number of nitrogens with zero attached hydrogens (tertiary/aromatic N) is 1. The molecule has 2 nitrogen and oxygen atoms in total. The van der Waals surface area contributed by atoms with Gasteiger partial charge in [-0.15, -0.1) is 12.4 Å². The molecule has 0 saturated carbocycles. The maximum atomic E-state index is 13.1. The average Bonchev–Trinajstić information content (AvgIpc) is 2.27. The fraction of sp³-hybridized carbons (Fsp3) is 0.500. The second kappa shape index (κ2) is 6.69. The number of hydrogen-bond donors (Lipinski definition) is 1. The topological polar surface area (TPSA) is 15.3 Å². The van der Waals surface area contributed by atoms with Crippen LogP contribution in [0.5, 0.6) is 0 Å². The lowest BCUT2D eigenvalue weighted by molar-refractivity contribution is 0.165. The number of nitrogens with one attached hydrogen (secondary N) is 1. The SMILES string of the molecule is CC1CNCCN1Cc1ccc(F)c(Br)c1.Cl. The summed E-state index contributed by atoms with van der Waals surface area (Å²) in [6.45, 7) is 6.22. The molecule has 1 fully saturated rings. The van der Waals surface area contributed by atoms with Crippen LogP contribution in [-0.4, -0.2) is 30.6 Å². The third kappa shape index (κ3) is 3.91. The van der Waals surface area contributed by atoms with E-state index in [1.807, 2.05) is 12.1 Å². The molecule has 2 rings (SSSR count). The Morgan fingerprint density at radius 1 is 1.53 bits per heavy atom. The minimum Gasteiger partial charge on any atom is -0.314 e. The van der Waals surface area contributed by atoms with Crippen molar-refractivity contribution in [3.8, 4) is 0 Å². The van der Waals surface area contributed by atoms with Crippen molar-refractivity contribution in [3.05, 3.63) is 34.1 Å². The normalized spacial score (nSPS) is 21.0. The Morgan fingerprint density at radius 2 is 2.29 bits per heavy atom. The molecule has 1 aromatic rings. The Bertz CT molecular complexity index is 376. The van der Waals surface area contributed by atoms with Gasteiger partial charge in [-0.05, 0) is 40.5 Å². The van der Waals surface area contributed by atoms with Crippen molar-refractivity contribution >= 4 is 28.3 Å². The predicted octanol–water partition coefficient (Wildman–Crippen LogP) is 2.80. The van der Waals surface area contributed by atoms with Crippen molar-refractivity contribution in [2.45, 2.75) is 19.5 Å². The molecule has 1 atom stereocenters. The smallest absolute Gasteiger partial charge is 0.137 e. The second-order valence-electron chi connectivity index (χ2n) is 4.27. The van der Waals surface area contributed by atoms with Gasteiger partial charge in [-0.1, -0.05) is 6.07 Å². The molecular formula is C12H17BrClFN2. The first kappa shape index (κ1) is 14.9. The van der Waals surface area contributed by atoms with Gasteiger partial charge >= 0.3 is 0 Å². The fourth-order valence-corrected chi connectivity index (χ4v) is 2.42. The monoisotopic (exact) mass is 322 g/mol. The van der Waals surface area contributed by atoms with E-state index in [1.54, 1.807) is 0 Å². The van der Waals surface area contributed by atoms with Crippen molar-refractivity contribution in [2.24, 2.45) is 0 Å². The molecular weight excluding hydrogens is 307 g/mol. The first-order chi connectivity index (χ1) is 7.66. The van der Waals surface area contributed by atoms with Crippen LogP contribution in [0.2, 0.25) is 0 Å². The first-order valence-electron chi connectivity index (χ1n) is 5.55. The van der Waals surface area contributed by atoms with Crippen LogP contribution in [-0.2, 0) is 6.54 Å². The van der Waals surface area contributed by atoms with Gasteiger partial charge in [-0.3, -0.25) is 4.90 Å². The Labute approximate surface area is 116 Å². The Hall–Kier alpha value is -0.160. The standard InChI is InChI=1S/C12H16BrFN2.ClH/c1-9-7-15-4-5-16(9)8-10-2-3-12(14)11(13)6-10;/h2-3,6,9,15H,4-5,7-8H2,1H3;1H. The van der Waals surface area contributed by atoms with E-state index < -0.39 is 0 Å². The molecule has 1 heterocycles. The van der Waals surface area contributed by atoms with E-state index in [0.29, 0.717) is 10.5 Å². The molecule has 5 heteroatoms. The lowest BCUT2D eigenvalue weighted by Crippen LogP contribution is -2.49. The van der Waals surface area contributed by atoms with Gasteiger partial charge < -0.3 is 5.32 Å². The molecule has 0 aliphatic carbocycles. The highest BCUT2D eigenvalue weighted by Crippen LogP contribution is 2.18. The lowest BCUT2D eigenvalue weighted by Gasteiger charge is -2.33. The minimum absolute atomic E-state index is 0. The van der Waals surface area contributed by atoms with Crippen molar-refractivity contribution in [1.29, 1.82) is 0 Å². The molecule has 0 radical (unpaired) electrons. The van der Waals surface area contributed by atoms with E-state index in [9.17, 15) is 4.39 Å². The number of benzene rings is 1. The third-order valence-electron chi connectivity index (χ3n) is 3.01. The number of hydrogen-bond acceptors (Lipinski definition) is 2. The summed E-state index contributed by atoms with van der Waals surface area (Å²) in [5, 5.41) is 3.36. The summed E-state index contributed by atoms with van der Waals surface area (Å²) in [6, 6.07) is 5.78. The molecule has 1 unspecified atom stereocenters. The van der Waals surface area contributed by atoms with Crippen molar-refractivity contribution in [3.63, 3.8) is 0 Å². The van der Waals surface area contributed by atoms with E-state index in [4.69, 9.17) is 0 Å². The van der Waals surface area contributed by atoms with E-state index in [1.165, 1.54) is 6.07 Å². The van der Waals surface area contributed by atoms with Crippen molar-refractivity contribution in [2.75, 3.05) is 19.6 Å². The van der Waals surface area contributed by atoms with Crippen LogP contribution in [0, 0.1) is 5.82 Å². The molecule has 17 heavy (non-hydrogen) atoms. The second-order valence-corrected chi connectivity index (χ2v) is 5.13. The number of piperazine rings is 1. The third-order valence-corrected chi connectivity index (χ3v) is 3.62. The summed E-state index contributed by atoms with van der Waals surface area (Å²) in [5.74, 6) is -0.197. The van der Waals surface area contributed by atoms with Crippen LogP contribution < -0.4 is 5.32 Å². The summed E-state index contributed by atoms with van der Waals surface area (Å²) >= 11 is 3.22. The van der Waals surface area contributed by atoms with E-state index >= 15 is 0 Å². The van der Waals surface area contributed by atoms with Crippen LogP contribution in [0.1, 0.15) is 12.5 Å². The van der Waals surface area contributed by atoms with E-state index in [2.05, 4.69) is 33.1 Å². The quantitative estimate of drug-likeness (QED) is 0.900. The highest BCUT2D eigenvalue weighted by molar-refractivity contribution is 9.10. The molecule has 0 bridgehead atoms. The largest absolute Gasteiger partial charge is 0.314 e.